The number of anilines is 1. The van der Waals surface area contributed by atoms with Crippen LogP contribution in [-0.4, -0.2) is 25.1 Å². The molecule has 3 heterocycles. The zero-order chi connectivity index (χ0) is 16.9. The molecule has 3 aromatic heterocycles. The molecule has 0 bridgehead atoms. The van der Waals surface area contributed by atoms with E-state index in [0.717, 1.165) is 29.9 Å². The van der Waals surface area contributed by atoms with Gasteiger partial charge in [0.25, 0.3) is 0 Å². The molecule has 3 rings (SSSR count). The Morgan fingerprint density at radius 2 is 1.92 bits per heavy atom. The normalized spacial score (nSPS) is 12.1. The van der Waals surface area contributed by atoms with E-state index in [-0.39, 0.29) is 6.04 Å². The maximum Gasteiger partial charge on any atom is 0.223 e. The molecule has 7 nitrogen and oxygen atoms in total. The van der Waals surface area contributed by atoms with Gasteiger partial charge in [-0.15, -0.1) is 0 Å². The van der Waals surface area contributed by atoms with Crippen LogP contribution in [0.15, 0.2) is 35.1 Å². The van der Waals surface area contributed by atoms with Crippen molar-refractivity contribution in [2.75, 3.05) is 5.32 Å². The molecule has 7 heteroatoms. The van der Waals surface area contributed by atoms with Gasteiger partial charge in [-0.1, -0.05) is 19.0 Å². The second-order valence-corrected chi connectivity index (χ2v) is 5.43. The van der Waals surface area contributed by atoms with Gasteiger partial charge in [-0.3, -0.25) is 4.98 Å². The molecule has 0 amide bonds. The van der Waals surface area contributed by atoms with E-state index < -0.39 is 0 Å². The maximum absolute atomic E-state index is 5.08. The summed E-state index contributed by atoms with van der Waals surface area (Å²) in [6.07, 6.45) is 5.12. The second kappa shape index (κ2) is 7.16. The van der Waals surface area contributed by atoms with E-state index in [2.05, 4.69) is 44.3 Å². The molecule has 124 valence electrons. The molecule has 0 aliphatic carbocycles. The third kappa shape index (κ3) is 3.56. The summed E-state index contributed by atoms with van der Waals surface area (Å²) >= 11 is 0. The topological polar surface area (TPSA) is 89.6 Å². The number of aromatic nitrogens is 5. The monoisotopic (exact) mass is 324 g/mol. The molecule has 0 saturated carbocycles. The van der Waals surface area contributed by atoms with Gasteiger partial charge in [0.15, 0.2) is 11.6 Å². The van der Waals surface area contributed by atoms with Crippen LogP contribution < -0.4 is 5.32 Å². The number of nitrogens with zero attached hydrogens (tertiary/aromatic N) is 5. The summed E-state index contributed by atoms with van der Waals surface area (Å²) in [5, 5.41) is 7.40. The van der Waals surface area contributed by atoms with Crippen molar-refractivity contribution in [1.29, 1.82) is 0 Å². The van der Waals surface area contributed by atoms with E-state index >= 15 is 0 Å². The Hall–Kier alpha value is -2.83. The van der Waals surface area contributed by atoms with Gasteiger partial charge in [0.2, 0.25) is 5.89 Å². The minimum atomic E-state index is -0.0626. The number of aryl methyl sites for hydroxylation is 2. The highest BCUT2D eigenvalue weighted by molar-refractivity contribution is 5.57. The summed E-state index contributed by atoms with van der Waals surface area (Å²) in [6, 6.07) is 5.70. The van der Waals surface area contributed by atoms with Gasteiger partial charge in [-0.05, 0) is 25.0 Å². The van der Waals surface area contributed by atoms with Crippen LogP contribution in [-0.2, 0) is 6.42 Å². The predicted molar refractivity (Wildman–Crippen MR) is 90.3 cm³/mol. The van der Waals surface area contributed by atoms with Gasteiger partial charge in [0.1, 0.15) is 5.82 Å². The Balaban J connectivity index is 1.92. The Morgan fingerprint density at radius 3 is 2.54 bits per heavy atom. The molecule has 3 aromatic rings. The molecule has 1 unspecified atom stereocenters. The van der Waals surface area contributed by atoms with Crippen molar-refractivity contribution in [3.8, 4) is 11.4 Å². The van der Waals surface area contributed by atoms with Gasteiger partial charge in [-0.25, -0.2) is 9.97 Å². The van der Waals surface area contributed by atoms with Gasteiger partial charge in [-0.2, -0.15) is 4.98 Å². The lowest BCUT2D eigenvalue weighted by atomic mass is 10.2. The molecular weight excluding hydrogens is 304 g/mol. The standard InChI is InChI=1S/C17H20N6O/c1-4-13-10-15(21-14(5-2)17-19-11(3)24-23-17)22-16(20-13)12-6-8-18-9-7-12/h6-10,14H,4-5H2,1-3H3,(H,20,21,22). The van der Waals surface area contributed by atoms with Crippen LogP contribution in [0.2, 0.25) is 0 Å². The van der Waals surface area contributed by atoms with Crippen molar-refractivity contribution in [3.05, 3.63) is 48.0 Å². The van der Waals surface area contributed by atoms with Crippen LogP contribution in [0.3, 0.4) is 0 Å². The lowest BCUT2D eigenvalue weighted by molar-refractivity contribution is 0.384. The summed E-state index contributed by atoms with van der Waals surface area (Å²) in [6.45, 7) is 5.92. The first-order chi connectivity index (χ1) is 11.7. The van der Waals surface area contributed by atoms with E-state index in [9.17, 15) is 0 Å². The van der Waals surface area contributed by atoms with Crippen molar-refractivity contribution >= 4 is 5.82 Å². The van der Waals surface area contributed by atoms with E-state index in [1.807, 2.05) is 18.2 Å². The van der Waals surface area contributed by atoms with Crippen LogP contribution in [0.4, 0.5) is 5.82 Å². The highest BCUT2D eigenvalue weighted by Gasteiger charge is 2.17. The largest absolute Gasteiger partial charge is 0.360 e. The summed E-state index contributed by atoms with van der Waals surface area (Å²) in [5.74, 6) is 2.62. The van der Waals surface area contributed by atoms with Crippen molar-refractivity contribution in [2.45, 2.75) is 39.7 Å². The SMILES string of the molecule is CCc1cc(NC(CC)c2noc(C)n2)nc(-c2ccncc2)n1. The van der Waals surface area contributed by atoms with Crippen molar-refractivity contribution < 1.29 is 4.52 Å². The zero-order valence-electron chi connectivity index (χ0n) is 14.0. The van der Waals surface area contributed by atoms with E-state index in [1.54, 1.807) is 19.3 Å². The molecule has 0 spiro atoms. The summed E-state index contributed by atoms with van der Waals surface area (Å²) in [5.41, 5.74) is 1.91. The second-order valence-electron chi connectivity index (χ2n) is 5.43. The van der Waals surface area contributed by atoms with Gasteiger partial charge in [0, 0.05) is 36.6 Å². The first kappa shape index (κ1) is 16.0. The lowest BCUT2D eigenvalue weighted by Gasteiger charge is -2.15. The van der Waals surface area contributed by atoms with E-state index in [0.29, 0.717) is 17.5 Å². The van der Waals surface area contributed by atoms with Gasteiger partial charge < -0.3 is 9.84 Å². The molecule has 0 radical (unpaired) electrons. The predicted octanol–water partition coefficient (Wildman–Crippen LogP) is 3.36. The number of nitrogens with one attached hydrogen (secondary N) is 1. The fraction of sp³-hybridized carbons (Fsp3) is 0.353. The highest BCUT2D eigenvalue weighted by Crippen LogP contribution is 2.22. The number of hydrogen-bond donors (Lipinski definition) is 1. The average Bonchev–Trinajstić information content (AvgIpc) is 3.06. The zero-order valence-corrected chi connectivity index (χ0v) is 14.0. The van der Waals surface area contributed by atoms with E-state index in [1.165, 1.54) is 0 Å². The van der Waals surface area contributed by atoms with Crippen LogP contribution in [0, 0.1) is 6.92 Å². The minimum Gasteiger partial charge on any atom is -0.360 e. The maximum atomic E-state index is 5.08. The summed E-state index contributed by atoms with van der Waals surface area (Å²) < 4.78 is 5.08. The third-order valence-electron chi connectivity index (χ3n) is 3.67. The lowest BCUT2D eigenvalue weighted by Crippen LogP contribution is -2.13. The summed E-state index contributed by atoms with van der Waals surface area (Å²) in [7, 11) is 0. The Labute approximate surface area is 140 Å². The van der Waals surface area contributed by atoms with Gasteiger partial charge >= 0.3 is 0 Å². The molecule has 24 heavy (non-hydrogen) atoms. The van der Waals surface area contributed by atoms with Crippen LogP contribution >= 0.6 is 0 Å². The first-order valence-electron chi connectivity index (χ1n) is 8.04. The quantitative estimate of drug-likeness (QED) is 0.743. The number of hydrogen-bond acceptors (Lipinski definition) is 7. The molecule has 0 aliphatic heterocycles. The Bertz CT molecular complexity index is 802. The minimum absolute atomic E-state index is 0.0626. The number of pyridine rings is 1. The molecule has 0 saturated heterocycles. The Morgan fingerprint density at radius 1 is 1.12 bits per heavy atom. The van der Waals surface area contributed by atoms with E-state index in [4.69, 9.17) is 4.52 Å². The van der Waals surface area contributed by atoms with Gasteiger partial charge in [0.05, 0.1) is 6.04 Å². The molecular formula is C17H20N6O. The molecule has 0 aliphatic rings. The fourth-order valence-corrected chi connectivity index (χ4v) is 2.37. The van der Waals surface area contributed by atoms with Crippen LogP contribution in [0.5, 0.6) is 0 Å². The highest BCUT2D eigenvalue weighted by atomic mass is 16.5. The van der Waals surface area contributed by atoms with Crippen molar-refractivity contribution in [1.82, 2.24) is 25.1 Å². The summed E-state index contributed by atoms with van der Waals surface area (Å²) in [4.78, 5) is 17.6. The smallest absolute Gasteiger partial charge is 0.223 e. The van der Waals surface area contributed by atoms with Crippen molar-refractivity contribution in [2.24, 2.45) is 0 Å². The molecule has 1 atom stereocenters. The molecule has 1 N–H and O–H groups in total. The third-order valence-corrected chi connectivity index (χ3v) is 3.67. The first-order valence-corrected chi connectivity index (χ1v) is 8.04. The van der Waals surface area contributed by atoms with Crippen LogP contribution in [0.1, 0.15) is 43.7 Å². The fourth-order valence-electron chi connectivity index (χ4n) is 2.37. The molecule has 0 fully saturated rings. The van der Waals surface area contributed by atoms with Crippen molar-refractivity contribution in [3.63, 3.8) is 0 Å². The average molecular weight is 324 g/mol. The number of rotatable bonds is 6. The molecule has 0 aromatic carbocycles. The Kier molecular flexibility index (Phi) is 4.79. The van der Waals surface area contributed by atoms with Crippen LogP contribution in [0.25, 0.3) is 11.4 Å².